The van der Waals surface area contributed by atoms with E-state index in [1.54, 1.807) is 0 Å². The van der Waals surface area contributed by atoms with Crippen molar-refractivity contribution in [1.82, 2.24) is 0 Å². The van der Waals surface area contributed by atoms with Crippen LogP contribution in [0, 0.1) is 0 Å². The van der Waals surface area contributed by atoms with Gasteiger partial charge in [-0.1, -0.05) is 0 Å². The lowest BCUT2D eigenvalue weighted by Gasteiger charge is -2.03. The van der Waals surface area contributed by atoms with Crippen molar-refractivity contribution in [1.29, 1.82) is 0 Å². The fourth-order valence-corrected chi connectivity index (χ4v) is 0.905. The quantitative estimate of drug-likeness (QED) is 0.320. The maximum Gasteiger partial charge on any atom is 0.328 e. The first kappa shape index (κ1) is 9.91. The van der Waals surface area contributed by atoms with Gasteiger partial charge in [0.15, 0.2) is 11.5 Å². The summed E-state index contributed by atoms with van der Waals surface area (Å²) in [6, 6.07) is 2.25. The number of carboxylic acid groups (broad SMARTS) is 1. The van der Waals surface area contributed by atoms with Crippen molar-refractivity contribution >= 4 is 12.0 Å². The number of carboxylic acids is 1. The van der Waals surface area contributed by atoms with Gasteiger partial charge in [-0.2, -0.15) is 0 Å². The Morgan fingerprint density at radius 1 is 1.14 bits per heavy atom. The second-order valence-corrected chi connectivity index (χ2v) is 2.54. The Balaban J connectivity index is 3.19. The van der Waals surface area contributed by atoms with Crippen LogP contribution in [0.2, 0.25) is 0 Å². The SMILES string of the molecule is O=C(O)C=Cc1c(O)ccc(O)c1O. The summed E-state index contributed by atoms with van der Waals surface area (Å²) in [5, 5.41) is 35.8. The largest absolute Gasteiger partial charge is 0.507 e. The van der Waals surface area contributed by atoms with Gasteiger partial charge in [0, 0.05) is 6.08 Å². The van der Waals surface area contributed by atoms with Gasteiger partial charge in [-0.3, -0.25) is 0 Å². The average Bonchev–Trinajstić information content (AvgIpc) is 2.11. The normalized spacial score (nSPS) is 10.6. The fraction of sp³-hybridized carbons (Fsp3) is 0. The van der Waals surface area contributed by atoms with Gasteiger partial charge in [0.25, 0.3) is 0 Å². The average molecular weight is 196 g/mol. The van der Waals surface area contributed by atoms with E-state index >= 15 is 0 Å². The molecule has 1 aromatic carbocycles. The van der Waals surface area contributed by atoms with Crippen molar-refractivity contribution in [2.45, 2.75) is 0 Å². The van der Waals surface area contributed by atoms with Gasteiger partial charge in [0.05, 0.1) is 5.56 Å². The molecule has 0 saturated heterocycles. The topological polar surface area (TPSA) is 98.0 Å². The van der Waals surface area contributed by atoms with E-state index < -0.39 is 17.5 Å². The molecule has 1 rings (SSSR count). The smallest absolute Gasteiger partial charge is 0.328 e. The van der Waals surface area contributed by atoms with Gasteiger partial charge >= 0.3 is 5.97 Å². The monoisotopic (exact) mass is 196 g/mol. The summed E-state index contributed by atoms with van der Waals surface area (Å²) < 4.78 is 0. The first-order chi connectivity index (χ1) is 6.52. The molecule has 0 radical (unpaired) electrons. The van der Waals surface area contributed by atoms with Crippen LogP contribution in [0.25, 0.3) is 6.08 Å². The molecule has 0 saturated carbocycles. The van der Waals surface area contributed by atoms with E-state index in [1.807, 2.05) is 0 Å². The molecule has 14 heavy (non-hydrogen) atoms. The van der Waals surface area contributed by atoms with Crippen LogP contribution >= 0.6 is 0 Å². The summed E-state index contributed by atoms with van der Waals surface area (Å²) in [7, 11) is 0. The minimum absolute atomic E-state index is 0.132. The maximum atomic E-state index is 10.2. The lowest BCUT2D eigenvalue weighted by molar-refractivity contribution is -0.131. The molecule has 0 unspecified atom stereocenters. The van der Waals surface area contributed by atoms with Gasteiger partial charge in [-0.05, 0) is 18.2 Å². The van der Waals surface area contributed by atoms with Crippen molar-refractivity contribution in [2.75, 3.05) is 0 Å². The Morgan fingerprint density at radius 2 is 1.71 bits per heavy atom. The zero-order chi connectivity index (χ0) is 10.7. The van der Waals surface area contributed by atoms with E-state index in [-0.39, 0.29) is 11.3 Å². The Hall–Kier alpha value is -2.17. The third kappa shape index (κ3) is 1.95. The Bertz CT molecular complexity index is 394. The first-order valence-corrected chi connectivity index (χ1v) is 3.67. The summed E-state index contributed by atoms with van der Waals surface area (Å²) in [4.78, 5) is 10.2. The molecular formula is C9H8O5. The molecule has 0 bridgehead atoms. The molecule has 4 N–H and O–H groups in total. The number of phenolic OH excluding ortho intramolecular Hbond substituents is 3. The molecule has 0 aliphatic heterocycles. The third-order valence-corrected chi connectivity index (χ3v) is 1.57. The molecule has 0 spiro atoms. The molecule has 0 aliphatic carbocycles. The highest BCUT2D eigenvalue weighted by Crippen LogP contribution is 2.35. The number of rotatable bonds is 2. The Kier molecular flexibility index (Phi) is 2.62. The highest BCUT2D eigenvalue weighted by Gasteiger charge is 2.08. The number of aliphatic carboxylic acids is 1. The number of phenols is 3. The van der Waals surface area contributed by atoms with Crippen LogP contribution in [0.15, 0.2) is 18.2 Å². The first-order valence-electron chi connectivity index (χ1n) is 3.67. The second-order valence-electron chi connectivity index (χ2n) is 2.54. The predicted octanol–water partition coefficient (Wildman–Crippen LogP) is 0.901. The zero-order valence-corrected chi connectivity index (χ0v) is 7.01. The van der Waals surface area contributed by atoms with Gasteiger partial charge in [-0.25, -0.2) is 4.79 Å². The Morgan fingerprint density at radius 3 is 2.29 bits per heavy atom. The summed E-state index contributed by atoms with van der Waals surface area (Å²) in [5.74, 6) is -2.50. The van der Waals surface area contributed by atoms with E-state index in [2.05, 4.69) is 0 Å². The molecule has 1 aromatic rings. The highest BCUT2D eigenvalue weighted by molar-refractivity contribution is 5.87. The lowest BCUT2D eigenvalue weighted by Crippen LogP contribution is -1.86. The van der Waals surface area contributed by atoms with Crippen molar-refractivity contribution in [2.24, 2.45) is 0 Å². The number of hydrogen-bond acceptors (Lipinski definition) is 4. The molecule has 74 valence electrons. The van der Waals surface area contributed by atoms with Crippen LogP contribution in [0.4, 0.5) is 0 Å². The zero-order valence-electron chi connectivity index (χ0n) is 7.01. The van der Waals surface area contributed by atoms with E-state index in [9.17, 15) is 15.0 Å². The lowest BCUT2D eigenvalue weighted by atomic mass is 10.1. The molecule has 5 nitrogen and oxygen atoms in total. The molecule has 5 heteroatoms. The van der Waals surface area contributed by atoms with Gasteiger partial charge < -0.3 is 20.4 Å². The summed E-state index contributed by atoms with van der Waals surface area (Å²) in [6.45, 7) is 0. The van der Waals surface area contributed by atoms with Crippen LogP contribution in [-0.4, -0.2) is 26.4 Å². The molecule has 0 aromatic heterocycles. The van der Waals surface area contributed by atoms with Gasteiger partial charge in [0.1, 0.15) is 5.75 Å². The summed E-state index contributed by atoms with van der Waals surface area (Å²) >= 11 is 0. The fourth-order valence-electron chi connectivity index (χ4n) is 0.905. The predicted molar refractivity (Wildman–Crippen MR) is 48.1 cm³/mol. The number of aromatic hydroxyl groups is 3. The van der Waals surface area contributed by atoms with Crippen LogP contribution in [-0.2, 0) is 4.79 Å². The van der Waals surface area contributed by atoms with Crippen molar-refractivity contribution < 1.29 is 25.2 Å². The minimum atomic E-state index is -1.22. The Labute approximate surface area is 79.2 Å². The number of carbonyl (C=O) groups is 1. The standard InChI is InChI=1S/C9H8O5/c10-6-2-3-7(11)9(14)5(6)1-4-8(12)13/h1-4,10-11,14H,(H,12,13). The van der Waals surface area contributed by atoms with E-state index in [0.29, 0.717) is 0 Å². The van der Waals surface area contributed by atoms with Crippen LogP contribution in [0.5, 0.6) is 17.2 Å². The molecule has 0 amide bonds. The summed E-state index contributed by atoms with van der Waals surface area (Å²) in [6.07, 6.45) is 1.74. The molecule has 0 aliphatic rings. The van der Waals surface area contributed by atoms with E-state index in [1.165, 1.54) is 0 Å². The third-order valence-electron chi connectivity index (χ3n) is 1.57. The van der Waals surface area contributed by atoms with Crippen molar-refractivity contribution in [3.05, 3.63) is 23.8 Å². The van der Waals surface area contributed by atoms with Gasteiger partial charge in [0.2, 0.25) is 0 Å². The van der Waals surface area contributed by atoms with Crippen LogP contribution < -0.4 is 0 Å². The summed E-state index contributed by atoms with van der Waals surface area (Å²) in [5.41, 5.74) is -0.132. The van der Waals surface area contributed by atoms with E-state index in [0.717, 1.165) is 24.3 Å². The van der Waals surface area contributed by atoms with E-state index in [4.69, 9.17) is 10.2 Å². The number of hydrogen-bond donors (Lipinski definition) is 4. The van der Waals surface area contributed by atoms with Crippen molar-refractivity contribution in [3.8, 4) is 17.2 Å². The molecular weight excluding hydrogens is 188 g/mol. The highest BCUT2D eigenvalue weighted by atomic mass is 16.4. The maximum absolute atomic E-state index is 10.2. The van der Waals surface area contributed by atoms with Crippen molar-refractivity contribution in [3.63, 3.8) is 0 Å². The molecule has 0 atom stereocenters. The van der Waals surface area contributed by atoms with Crippen LogP contribution in [0.3, 0.4) is 0 Å². The molecule has 0 heterocycles. The number of benzene rings is 1. The van der Waals surface area contributed by atoms with Gasteiger partial charge in [-0.15, -0.1) is 0 Å². The minimum Gasteiger partial charge on any atom is -0.507 e. The van der Waals surface area contributed by atoms with Crippen LogP contribution in [0.1, 0.15) is 5.56 Å². The second kappa shape index (κ2) is 3.69. The molecule has 0 fully saturated rings.